The van der Waals surface area contributed by atoms with Gasteiger partial charge in [0.15, 0.2) is 0 Å². The van der Waals surface area contributed by atoms with Crippen LogP contribution in [0, 0.1) is 5.92 Å². The van der Waals surface area contributed by atoms with Gasteiger partial charge in [-0.25, -0.2) is 0 Å². The van der Waals surface area contributed by atoms with Crippen LogP contribution >= 0.6 is 0 Å². The first kappa shape index (κ1) is 12.0. The van der Waals surface area contributed by atoms with Crippen LogP contribution in [0.2, 0.25) is 0 Å². The molecule has 3 nitrogen and oxygen atoms in total. The fourth-order valence-electron chi connectivity index (χ4n) is 1.78. The summed E-state index contributed by atoms with van der Waals surface area (Å²) < 4.78 is 5.48. The van der Waals surface area contributed by atoms with Gasteiger partial charge in [-0.05, 0) is 25.7 Å². The standard InChI is InChI=1S/C11H23NO2/c1-10(2)8-14-9-11(3,13)12-6-4-5-7-12/h10,13H,4-9H2,1-3H3/t11-/m0/s1. The van der Waals surface area contributed by atoms with E-state index in [0.717, 1.165) is 19.7 Å². The van der Waals surface area contributed by atoms with E-state index in [1.165, 1.54) is 12.8 Å². The van der Waals surface area contributed by atoms with Gasteiger partial charge in [0.2, 0.25) is 0 Å². The van der Waals surface area contributed by atoms with Crippen molar-refractivity contribution in [3.05, 3.63) is 0 Å². The monoisotopic (exact) mass is 201 g/mol. The average molecular weight is 201 g/mol. The highest BCUT2D eigenvalue weighted by Crippen LogP contribution is 2.19. The lowest BCUT2D eigenvalue weighted by Crippen LogP contribution is -2.48. The third-order valence-electron chi connectivity index (χ3n) is 2.61. The zero-order chi connectivity index (χ0) is 10.6. The van der Waals surface area contributed by atoms with Gasteiger partial charge in [0.05, 0.1) is 6.61 Å². The van der Waals surface area contributed by atoms with E-state index in [1.807, 2.05) is 6.92 Å². The van der Waals surface area contributed by atoms with E-state index in [0.29, 0.717) is 12.5 Å². The number of ether oxygens (including phenoxy) is 1. The molecule has 0 unspecified atom stereocenters. The quantitative estimate of drug-likeness (QED) is 0.731. The van der Waals surface area contributed by atoms with Gasteiger partial charge in [-0.3, -0.25) is 4.90 Å². The van der Waals surface area contributed by atoms with E-state index < -0.39 is 5.72 Å². The van der Waals surface area contributed by atoms with Gasteiger partial charge in [-0.2, -0.15) is 0 Å². The number of hydrogen-bond donors (Lipinski definition) is 1. The maximum atomic E-state index is 10.1. The minimum Gasteiger partial charge on any atom is -0.377 e. The summed E-state index contributed by atoms with van der Waals surface area (Å²) in [6.07, 6.45) is 2.39. The number of nitrogens with zero attached hydrogens (tertiary/aromatic N) is 1. The van der Waals surface area contributed by atoms with Crippen LogP contribution < -0.4 is 0 Å². The summed E-state index contributed by atoms with van der Waals surface area (Å²) in [6.45, 7) is 9.22. The average Bonchev–Trinajstić information content (AvgIpc) is 2.54. The van der Waals surface area contributed by atoms with Crippen molar-refractivity contribution in [2.75, 3.05) is 26.3 Å². The lowest BCUT2D eigenvalue weighted by Gasteiger charge is -2.33. The third kappa shape index (κ3) is 3.56. The topological polar surface area (TPSA) is 32.7 Å². The Morgan fingerprint density at radius 2 is 1.93 bits per heavy atom. The highest BCUT2D eigenvalue weighted by Gasteiger charge is 2.31. The first-order valence-electron chi connectivity index (χ1n) is 5.57. The Morgan fingerprint density at radius 1 is 1.36 bits per heavy atom. The molecule has 0 aromatic heterocycles. The van der Waals surface area contributed by atoms with Crippen LogP contribution in [0.4, 0.5) is 0 Å². The zero-order valence-corrected chi connectivity index (χ0v) is 9.62. The molecule has 0 aliphatic carbocycles. The van der Waals surface area contributed by atoms with E-state index >= 15 is 0 Å². The lowest BCUT2D eigenvalue weighted by atomic mass is 10.2. The molecule has 0 aromatic carbocycles. The smallest absolute Gasteiger partial charge is 0.139 e. The van der Waals surface area contributed by atoms with Crippen LogP contribution in [0.15, 0.2) is 0 Å². The minimum absolute atomic E-state index is 0.422. The Bertz CT molecular complexity index is 163. The second kappa shape index (κ2) is 5.10. The molecule has 1 saturated heterocycles. The summed E-state index contributed by atoms with van der Waals surface area (Å²) in [6, 6.07) is 0. The van der Waals surface area contributed by atoms with Crippen molar-refractivity contribution in [3.8, 4) is 0 Å². The van der Waals surface area contributed by atoms with Crippen LogP contribution in [-0.2, 0) is 4.74 Å². The van der Waals surface area contributed by atoms with Crippen LogP contribution in [0.25, 0.3) is 0 Å². The number of hydrogen-bond acceptors (Lipinski definition) is 3. The van der Waals surface area contributed by atoms with Gasteiger partial charge in [0.25, 0.3) is 0 Å². The molecule has 14 heavy (non-hydrogen) atoms. The summed E-state index contributed by atoms with van der Waals surface area (Å²) in [5, 5.41) is 10.1. The molecule has 0 radical (unpaired) electrons. The molecule has 1 rings (SSSR count). The first-order chi connectivity index (χ1) is 6.52. The normalized spacial score (nSPS) is 22.9. The summed E-state index contributed by atoms with van der Waals surface area (Å²) in [7, 11) is 0. The summed E-state index contributed by atoms with van der Waals surface area (Å²) in [5.41, 5.74) is -0.772. The molecule has 84 valence electrons. The predicted molar refractivity (Wildman–Crippen MR) is 57.1 cm³/mol. The second-order valence-electron chi connectivity index (χ2n) is 4.82. The van der Waals surface area contributed by atoms with Gasteiger partial charge < -0.3 is 9.84 Å². The summed E-state index contributed by atoms with van der Waals surface area (Å²) >= 11 is 0. The van der Waals surface area contributed by atoms with E-state index in [1.54, 1.807) is 0 Å². The third-order valence-corrected chi connectivity index (χ3v) is 2.61. The van der Waals surface area contributed by atoms with Crippen LogP contribution in [-0.4, -0.2) is 42.0 Å². The second-order valence-corrected chi connectivity index (χ2v) is 4.82. The Morgan fingerprint density at radius 3 is 2.43 bits per heavy atom. The molecule has 1 aliphatic heterocycles. The Kier molecular flexibility index (Phi) is 4.35. The molecule has 1 atom stereocenters. The first-order valence-corrected chi connectivity index (χ1v) is 5.57. The predicted octanol–water partition coefficient (Wildman–Crippen LogP) is 1.46. The van der Waals surface area contributed by atoms with Crippen molar-refractivity contribution in [1.29, 1.82) is 0 Å². The largest absolute Gasteiger partial charge is 0.377 e. The Hall–Kier alpha value is -0.120. The Labute approximate surface area is 87.1 Å². The van der Waals surface area contributed by atoms with Gasteiger partial charge in [-0.15, -0.1) is 0 Å². The molecule has 1 aliphatic rings. The van der Waals surface area contributed by atoms with E-state index in [9.17, 15) is 5.11 Å². The molecule has 0 amide bonds. The number of rotatable bonds is 5. The van der Waals surface area contributed by atoms with Gasteiger partial charge in [0.1, 0.15) is 5.72 Å². The minimum atomic E-state index is -0.772. The molecule has 0 aromatic rings. The van der Waals surface area contributed by atoms with Gasteiger partial charge >= 0.3 is 0 Å². The molecule has 0 spiro atoms. The fourth-order valence-corrected chi connectivity index (χ4v) is 1.78. The molecule has 1 fully saturated rings. The van der Waals surface area contributed by atoms with Gasteiger partial charge in [-0.1, -0.05) is 13.8 Å². The molecular formula is C11H23NO2. The van der Waals surface area contributed by atoms with Crippen molar-refractivity contribution >= 4 is 0 Å². The maximum Gasteiger partial charge on any atom is 0.139 e. The van der Waals surface area contributed by atoms with Crippen LogP contribution in [0.5, 0.6) is 0 Å². The molecule has 1 heterocycles. The van der Waals surface area contributed by atoms with Crippen molar-refractivity contribution < 1.29 is 9.84 Å². The van der Waals surface area contributed by atoms with E-state index in [4.69, 9.17) is 4.74 Å². The molecule has 0 saturated carbocycles. The molecular weight excluding hydrogens is 178 g/mol. The molecule has 3 heteroatoms. The SMILES string of the molecule is CC(C)COC[C@](C)(O)N1CCCC1. The number of likely N-dealkylation sites (tertiary alicyclic amines) is 1. The highest BCUT2D eigenvalue weighted by molar-refractivity contribution is 4.78. The van der Waals surface area contributed by atoms with Gasteiger partial charge in [0, 0.05) is 19.7 Å². The van der Waals surface area contributed by atoms with Crippen molar-refractivity contribution in [2.45, 2.75) is 39.3 Å². The maximum absolute atomic E-state index is 10.1. The zero-order valence-electron chi connectivity index (χ0n) is 9.62. The Balaban J connectivity index is 2.25. The molecule has 1 N–H and O–H groups in total. The fraction of sp³-hybridized carbons (Fsp3) is 1.00. The van der Waals surface area contributed by atoms with E-state index in [-0.39, 0.29) is 0 Å². The summed E-state index contributed by atoms with van der Waals surface area (Å²) in [5.74, 6) is 0.532. The van der Waals surface area contributed by atoms with E-state index in [2.05, 4.69) is 18.7 Å². The number of aliphatic hydroxyl groups is 1. The van der Waals surface area contributed by atoms with Crippen LogP contribution in [0.3, 0.4) is 0 Å². The van der Waals surface area contributed by atoms with Crippen molar-refractivity contribution in [2.24, 2.45) is 5.92 Å². The van der Waals surface area contributed by atoms with Crippen LogP contribution in [0.1, 0.15) is 33.6 Å². The molecule has 0 bridgehead atoms. The lowest BCUT2D eigenvalue weighted by molar-refractivity contribution is -0.134. The van der Waals surface area contributed by atoms with Crippen molar-refractivity contribution in [1.82, 2.24) is 4.90 Å². The summed E-state index contributed by atoms with van der Waals surface area (Å²) in [4.78, 5) is 2.10. The van der Waals surface area contributed by atoms with Crippen molar-refractivity contribution in [3.63, 3.8) is 0 Å². The highest BCUT2D eigenvalue weighted by atomic mass is 16.5.